The van der Waals surface area contributed by atoms with Gasteiger partial charge in [0.1, 0.15) is 11.5 Å². The molecule has 33 heavy (non-hydrogen) atoms. The van der Waals surface area contributed by atoms with Crippen LogP contribution in [0.3, 0.4) is 0 Å². The number of aliphatic hydroxyl groups excluding tert-OH is 1. The lowest BCUT2D eigenvalue weighted by molar-refractivity contribution is 0.411. The highest BCUT2D eigenvalue weighted by atomic mass is 16.5. The van der Waals surface area contributed by atoms with Crippen molar-refractivity contribution >= 4 is 17.5 Å². The molecule has 1 aliphatic rings. The van der Waals surface area contributed by atoms with E-state index in [0.717, 1.165) is 39.6 Å². The third-order valence-electron chi connectivity index (χ3n) is 5.61. The molecule has 0 bridgehead atoms. The van der Waals surface area contributed by atoms with Crippen LogP contribution in [0.5, 0.6) is 11.5 Å². The minimum atomic E-state index is 0.111. The van der Waals surface area contributed by atoms with E-state index in [4.69, 9.17) is 9.47 Å². The molecule has 0 unspecified atom stereocenters. The lowest BCUT2D eigenvalue weighted by atomic mass is 10.1. The first-order chi connectivity index (χ1) is 16.0. The molecule has 5 heteroatoms. The molecule has 0 aromatic heterocycles. The predicted molar refractivity (Wildman–Crippen MR) is 135 cm³/mol. The number of hydrogen-bond donors (Lipinski definition) is 1. The second-order valence-corrected chi connectivity index (χ2v) is 7.74. The highest BCUT2D eigenvalue weighted by molar-refractivity contribution is 5.79. The van der Waals surface area contributed by atoms with E-state index in [2.05, 4.69) is 0 Å². The molecule has 1 heterocycles. The molecule has 168 valence electrons. The van der Waals surface area contributed by atoms with Crippen molar-refractivity contribution in [3.8, 4) is 11.5 Å². The van der Waals surface area contributed by atoms with Crippen molar-refractivity contribution in [1.82, 2.24) is 0 Å². The van der Waals surface area contributed by atoms with Crippen molar-refractivity contribution in [2.45, 2.75) is 13.8 Å². The summed E-state index contributed by atoms with van der Waals surface area (Å²) in [4.78, 5) is 3.90. The number of aliphatic hydroxyl groups is 1. The summed E-state index contributed by atoms with van der Waals surface area (Å²) in [6.45, 7) is 4.05. The van der Waals surface area contributed by atoms with Gasteiger partial charge >= 0.3 is 0 Å². The van der Waals surface area contributed by atoms with Crippen LogP contribution in [0.15, 0.2) is 96.8 Å². The van der Waals surface area contributed by atoms with E-state index in [1.807, 2.05) is 109 Å². The van der Waals surface area contributed by atoms with Crippen LogP contribution in [0.4, 0.5) is 11.4 Å². The molecule has 0 atom stereocenters. The number of allylic oxidation sites excluding steroid dienone is 1. The normalized spacial score (nSPS) is 13.2. The van der Waals surface area contributed by atoms with Gasteiger partial charge in [0, 0.05) is 12.4 Å². The summed E-state index contributed by atoms with van der Waals surface area (Å²) in [5, 5.41) is 11.4. The third kappa shape index (κ3) is 4.30. The number of nitrogens with zero attached hydrogens (tertiary/aromatic N) is 2. The Morgan fingerprint density at radius 3 is 1.73 bits per heavy atom. The fourth-order valence-corrected chi connectivity index (χ4v) is 4.02. The molecule has 0 radical (unpaired) electrons. The zero-order chi connectivity index (χ0) is 23.4. The maximum absolute atomic E-state index is 11.4. The van der Waals surface area contributed by atoms with Crippen molar-refractivity contribution in [2.24, 2.45) is 0 Å². The summed E-state index contributed by atoms with van der Waals surface area (Å²) >= 11 is 0. The smallest absolute Gasteiger partial charge is 0.165 e. The Morgan fingerprint density at radius 2 is 1.24 bits per heavy atom. The number of rotatable bonds is 6. The van der Waals surface area contributed by atoms with Gasteiger partial charge in [0.25, 0.3) is 0 Å². The van der Waals surface area contributed by atoms with E-state index in [9.17, 15) is 5.11 Å². The Hall–Kier alpha value is -4.12. The van der Waals surface area contributed by atoms with Gasteiger partial charge in [-0.1, -0.05) is 60.7 Å². The van der Waals surface area contributed by atoms with Crippen molar-refractivity contribution < 1.29 is 14.6 Å². The highest BCUT2D eigenvalue weighted by Crippen LogP contribution is 2.43. The molecule has 3 aromatic carbocycles. The predicted octanol–water partition coefficient (Wildman–Crippen LogP) is 6.56. The fourth-order valence-electron chi connectivity index (χ4n) is 4.02. The van der Waals surface area contributed by atoms with Gasteiger partial charge < -0.3 is 14.6 Å². The van der Waals surface area contributed by atoms with E-state index in [0.29, 0.717) is 5.82 Å². The van der Waals surface area contributed by atoms with Crippen LogP contribution in [0.2, 0.25) is 0 Å². The van der Waals surface area contributed by atoms with Gasteiger partial charge in [0.2, 0.25) is 0 Å². The zero-order valence-electron chi connectivity index (χ0n) is 19.3. The maximum Gasteiger partial charge on any atom is 0.165 e. The van der Waals surface area contributed by atoms with Gasteiger partial charge in [-0.3, -0.25) is 9.80 Å². The second-order valence-electron chi connectivity index (χ2n) is 7.74. The summed E-state index contributed by atoms with van der Waals surface area (Å²) in [7, 11) is 3.30. The average Bonchev–Trinajstić information content (AvgIpc) is 3.26. The number of aryl methyl sites for hydroxylation is 2. The monoisotopic (exact) mass is 440 g/mol. The maximum atomic E-state index is 11.4. The first-order valence-corrected chi connectivity index (χ1v) is 10.8. The van der Waals surface area contributed by atoms with E-state index >= 15 is 0 Å². The molecule has 5 nitrogen and oxygen atoms in total. The SMILES string of the molecule is COc1cccc(C)c1N1C=CN(c2c(C)cccc2OC)C1=C(O)/C=C/c1ccccc1. The molecular weight excluding hydrogens is 412 g/mol. The average molecular weight is 441 g/mol. The van der Waals surface area contributed by atoms with Crippen LogP contribution in [0.25, 0.3) is 6.08 Å². The van der Waals surface area contributed by atoms with E-state index in [-0.39, 0.29) is 5.76 Å². The number of ether oxygens (including phenoxy) is 2. The molecule has 0 amide bonds. The molecule has 1 N–H and O–H groups in total. The van der Waals surface area contributed by atoms with E-state index < -0.39 is 0 Å². The minimum absolute atomic E-state index is 0.111. The van der Waals surface area contributed by atoms with Gasteiger partial charge in [0.15, 0.2) is 11.6 Å². The van der Waals surface area contributed by atoms with Gasteiger partial charge in [-0.2, -0.15) is 0 Å². The van der Waals surface area contributed by atoms with E-state index in [1.54, 1.807) is 20.3 Å². The molecule has 0 saturated heterocycles. The lowest BCUT2D eigenvalue weighted by Gasteiger charge is -2.29. The highest BCUT2D eigenvalue weighted by Gasteiger charge is 2.31. The number of benzene rings is 3. The van der Waals surface area contributed by atoms with Gasteiger partial charge in [0.05, 0.1) is 25.6 Å². The van der Waals surface area contributed by atoms with Gasteiger partial charge in [-0.05, 0) is 48.7 Å². The molecule has 1 aliphatic heterocycles. The van der Waals surface area contributed by atoms with Crippen LogP contribution in [0.1, 0.15) is 16.7 Å². The molecule has 3 aromatic rings. The minimum Gasteiger partial charge on any atom is -0.504 e. The summed E-state index contributed by atoms with van der Waals surface area (Å²) in [5.74, 6) is 2.13. The third-order valence-corrected chi connectivity index (χ3v) is 5.61. The summed E-state index contributed by atoms with van der Waals surface area (Å²) in [6.07, 6.45) is 7.46. The second kappa shape index (κ2) is 9.57. The zero-order valence-corrected chi connectivity index (χ0v) is 19.3. The quantitative estimate of drug-likeness (QED) is 0.440. The van der Waals surface area contributed by atoms with Crippen LogP contribution in [0, 0.1) is 13.8 Å². The Balaban J connectivity index is 1.89. The van der Waals surface area contributed by atoms with Crippen molar-refractivity contribution in [3.05, 3.63) is 113 Å². The molecule has 0 fully saturated rings. The molecule has 0 aliphatic carbocycles. The Labute approximate surface area is 195 Å². The molecule has 0 spiro atoms. The summed E-state index contributed by atoms with van der Waals surface area (Å²) in [5.41, 5.74) is 4.77. The van der Waals surface area contributed by atoms with Crippen molar-refractivity contribution in [2.75, 3.05) is 24.0 Å². The van der Waals surface area contributed by atoms with Crippen molar-refractivity contribution in [3.63, 3.8) is 0 Å². The Morgan fingerprint density at radius 1 is 0.727 bits per heavy atom. The number of hydrogen-bond acceptors (Lipinski definition) is 5. The number of anilines is 2. The Kier molecular flexibility index (Phi) is 6.41. The van der Waals surface area contributed by atoms with Gasteiger partial charge in [-0.25, -0.2) is 0 Å². The van der Waals surface area contributed by atoms with Crippen LogP contribution in [-0.2, 0) is 0 Å². The van der Waals surface area contributed by atoms with Crippen LogP contribution < -0.4 is 19.3 Å². The Bertz CT molecular complexity index is 1160. The summed E-state index contributed by atoms with van der Waals surface area (Å²) in [6, 6.07) is 21.7. The van der Waals surface area contributed by atoms with Gasteiger partial charge in [-0.15, -0.1) is 0 Å². The topological polar surface area (TPSA) is 45.2 Å². The molecule has 0 saturated carbocycles. The fraction of sp³-hybridized carbons (Fsp3) is 0.143. The number of methoxy groups -OCH3 is 2. The van der Waals surface area contributed by atoms with E-state index in [1.165, 1.54) is 0 Å². The first-order valence-electron chi connectivity index (χ1n) is 10.8. The van der Waals surface area contributed by atoms with Crippen LogP contribution >= 0.6 is 0 Å². The summed E-state index contributed by atoms with van der Waals surface area (Å²) < 4.78 is 11.3. The molecule has 4 rings (SSSR count). The van der Waals surface area contributed by atoms with Crippen molar-refractivity contribution in [1.29, 1.82) is 0 Å². The standard InChI is InChI=1S/C28H28N2O3/c1-20-10-8-14-24(32-3)26(20)29-18-19-30(27-21(2)11-9-15-25(27)33-4)28(29)23(31)17-16-22-12-6-5-7-13-22/h5-19,31H,1-4H3/b17-16+. The molecular formula is C28H28N2O3. The first kappa shape index (κ1) is 22.1. The lowest BCUT2D eigenvalue weighted by Crippen LogP contribution is -2.26. The van der Waals surface area contributed by atoms with Crippen LogP contribution in [-0.4, -0.2) is 19.3 Å². The largest absolute Gasteiger partial charge is 0.504 e. The number of para-hydroxylation sites is 2.